The van der Waals surface area contributed by atoms with Crippen molar-refractivity contribution in [3.8, 4) is 6.07 Å². The van der Waals surface area contributed by atoms with E-state index in [2.05, 4.69) is 15.5 Å². The minimum atomic E-state index is 0.166. The van der Waals surface area contributed by atoms with Crippen LogP contribution in [0.4, 0.5) is 5.69 Å². The first-order valence-electron chi connectivity index (χ1n) is 5.36. The first-order valence-corrected chi connectivity index (χ1v) is 5.36. The van der Waals surface area contributed by atoms with Gasteiger partial charge in [0, 0.05) is 18.7 Å². The summed E-state index contributed by atoms with van der Waals surface area (Å²) in [4.78, 5) is 4.09. The number of hydrogen-bond donors (Lipinski definition) is 1. The third kappa shape index (κ3) is 3.31. The molecule has 86 valence electrons. The summed E-state index contributed by atoms with van der Waals surface area (Å²) in [5.74, 6) is 1.00. The number of aromatic nitrogens is 2. The van der Waals surface area contributed by atoms with Crippen molar-refractivity contribution in [1.82, 2.24) is 10.1 Å². The summed E-state index contributed by atoms with van der Waals surface area (Å²) in [7, 11) is 0. The normalized spacial score (nSPS) is 9.82. The van der Waals surface area contributed by atoms with Gasteiger partial charge in [0.05, 0.1) is 6.07 Å². The zero-order valence-corrected chi connectivity index (χ0v) is 9.26. The number of nitrogens with zero attached hydrogens (tertiary/aromatic N) is 3. The Morgan fingerprint density at radius 2 is 2.12 bits per heavy atom. The van der Waals surface area contributed by atoms with E-state index in [1.54, 1.807) is 0 Å². The fourth-order valence-electron chi connectivity index (χ4n) is 1.41. The fraction of sp³-hybridized carbons (Fsp3) is 0.250. The molecule has 0 bridgehead atoms. The van der Waals surface area contributed by atoms with Crippen LogP contribution >= 0.6 is 0 Å². The third-order valence-corrected chi connectivity index (χ3v) is 2.19. The van der Waals surface area contributed by atoms with E-state index in [0.717, 1.165) is 12.2 Å². The molecule has 0 unspecified atom stereocenters. The average Bonchev–Trinajstić information content (AvgIpc) is 2.79. The maximum absolute atomic E-state index is 8.46. The van der Waals surface area contributed by atoms with Crippen LogP contribution in [0, 0.1) is 11.3 Å². The molecule has 1 aromatic carbocycles. The van der Waals surface area contributed by atoms with Gasteiger partial charge in [-0.05, 0) is 12.1 Å². The minimum absolute atomic E-state index is 0.166. The lowest BCUT2D eigenvalue weighted by Crippen LogP contribution is -2.05. The predicted octanol–water partition coefficient (Wildman–Crippen LogP) is 1.79. The van der Waals surface area contributed by atoms with Crippen molar-refractivity contribution in [1.29, 1.82) is 5.26 Å². The molecule has 17 heavy (non-hydrogen) atoms. The first-order chi connectivity index (χ1) is 8.38. The van der Waals surface area contributed by atoms with Gasteiger partial charge in [-0.25, -0.2) is 0 Å². The van der Waals surface area contributed by atoms with Crippen LogP contribution in [0.5, 0.6) is 0 Å². The van der Waals surface area contributed by atoms with E-state index < -0.39 is 0 Å². The van der Waals surface area contributed by atoms with Crippen molar-refractivity contribution in [3.05, 3.63) is 42.0 Å². The Bertz CT molecular complexity index is 501. The maximum Gasteiger partial charge on any atom is 0.240 e. The fourth-order valence-corrected chi connectivity index (χ4v) is 1.41. The maximum atomic E-state index is 8.46. The summed E-state index contributed by atoms with van der Waals surface area (Å²) in [5, 5.41) is 15.5. The van der Waals surface area contributed by atoms with Crippen molar-refractivity contribution in [2.45, 2.75) is 12.8 Å². The Balaban J connectivity index is 1.80. The number of benzene rings is 1. The molecular formula is C12H12N4O. The number of rotatable bonds is 5. The van der Waals surface area contributed by atoms with Gasteiger partial charge >= 0.3 is 0 Å². The Hall–Kier alpha value is -2.35. The lowest BCUT2D eigenvalue weighted by atomic mass is 10.3. The van der Waals surface area contributed by atoms with E-state index in [1.807, 2.05) is 36.4 Å². The number of para-hydroxylation sites is 1. The van der Waals surface area contributed by atoms with E-state index in [0.29, 0.717) is 18.1 Å². The minimum Gasteiger partial charge on any atom is -0.385 e. The van der Waals surface area contributed by atoms with Gasteiger partial charge in [-0.1, -0.05) is 23.4 Å². The zero-order chi connectivity index (χ0) is 11.9. The number of hydrogen-bond acceptors (Lipinski definition) is 5. The van der Waals surface area contributed by atoms with Crippen molar-refractivity contribution < 1.29 is 4.52 Å². The summed E-state index contributed by atoms with van der Waals surface area (Å²) in [6.45, 7) is 0.732. The summed E-state index contributed by atoms with van der Waals surface area (Å²) in [6.07, 6.45) is 0.836. The third-order valence-electron chi connectivity index (χ3n) is 2.19. The Labute approximate surface area is 99.1 Å². The molecular weight excluding hydrogens is 216 g/mol. The van der Waals surface area contributed by atoms with Gasteiger partial charge in [0.1, 0.15) is 6.42 Å². The molecule has 0 amide bonds. The van der Waals surface area contributed by atoms with Crippen molar-refractivity contribution >= 4 is 5.69 Å². The summed E-state index contributed by atoms with van der Waals surface area (Å²) in [6, 6.07) is 11.9. The molecule has 0 saturated heterocycles. The molecule has 5 nitrogen and oxygen atoms in total. The molecule has 0 aliphatic rings. The second-order valence-electron chi connectivity index (χ2n) is 3.48. The van der Waals surface area contributed by atoms with Gasteiger partial charge in [-0.2, -0.15) is 10.2 Å². The summed E-state index contributed by atoms with van der Waals surface area (Å²) >= 11 is 0. The lowest BCUT2D eigenvalue weighted by molar-refractivity contribution is 0.381. The van der Waals surface area contributed by atoms with E-state index in [4.69, 9.17) is 9.78 Å². The van der Waals surface area contributed by atoms with Crippen molar-refractivity contribution in [2.24, 2.45) is 0 Å². The van der Waals surface area contributed by atoms with E-state index in [9.17, 15) is 0 Å². The summed E-state index contributed by atoms with van der Waals surface area (Å²) < 4.78 is 4.90. The van der Waals surface area contributed by atoms with Gasteiger partial charge in [0.15, 0.2) is 5.82 Å². The largest absolute Gasteiger partial charge is 0.385 e. The number of nitriles is 1. The quantitative estimate of drug-likeness (QED) is 0.844. The topological polar surface area (TPSA) is 74.7 Å². The second-order valence-corrected chi connectivity index (χ2v) is 3.48. The van der Waals surface area contributed by atoms with Gasteiger partial charge in [0.2, 0.25) is 5.89 Å². The van der Waals surface area contributed by atoms with E-state index >= 15 is 0 Å². The van der Waals surface area contributed by atoms with E-state index in [-0.39, 0.29) is 6.42 Å². The van der Waals surface area contributed by atoms with Gasteiger partial charge in [0.25, 0.3) is 0 Å². The van der Waals surface area contributed by atoms with Crippen LogP contribution in [0.2, 0.25) is 0 Å². The second kappa shape index (κ2) is 5.66. The van der Waals surface area contributed by atoms with E-state index in [1.165, 1.54) is 0 Å². The standard InChI is InChI=1S/C12H12N4O/c13-8-6-12-15-11(16-17-12)7-9-14-10-4-2-1-3-5-10/h1-5,14H,6-7,9H2. The van der Waals surface area contributed by atoms with Crippen LogP contribution < -0.4 is 5.32 Å². The highest BCUT2D eigenvalue weighted by atomic mass is 16.5. The lowest BCUT2D eigenvalue weighted by Gasteiger charge is -2.02. The molecule has 1 heterocycles. The van der Waals surface area contributed by atoms with Crippen molar-refractivity contribution in [2.75, 3.05) is 11.9 Å². The molecule has 0 saturated carbocycles. The monoisotopic (exact) mass is 228 g/mol. The molecule has 1 N–H and O–H groups in total. The molecule has 0 atom stereocenters. The van der Waals surface area contributed by atoms with Gasteiger partial charge in [-0.3, -0.25) is 0 Å². The smallest absolute Gasteiger partial charge is 0.240 e. The summed E-state index contributed by atoms with van der Waals surface area (Å²) in [5.41, 5.74) is 1.06. The highest BCUT2D eigenvalue weighted by Gasteiger charge is 2.04. The SMILES string of the molecule is N#CCc1nc(CCNc2ccccc2)no1. The highest BCUT2D eigenvalue weighted by Crippen LogP contribution is 2.05. The highest BCUT2D eigenvalue weighted by molar-refractivity contribution is 5.42. The van der Waals surface area contributed by atoms with Crippen LogP contribution in [0.15, 0.2) is 34.9 Å². The molecule has 0 aliphatic heterocycles. The van der Waals surface area contributed by atoms with Crippen LogP contribution in [-0.2, 0) is 12.8 Å². The predicted molar refractivity (Wildman–Crippen MR) is 62.3 cm³/mol. The zero-order valence-electron chi connectivity index (χ0n) is 9.26. The van der Waals surface area contributed by atoms with Crippen LogP contribution in [0.1, 0.15) is 11.7 Å². The van der Waals surface area contributed by atoms with Crippen LogP contribution in [0.25, 0.3) is 0 Å². The Morgan fingerprint density at radius 3 is 2.88 bits per heavy atom. The molecule has 0 fully saturated rings. The number of anilines is 1. The van der Waals surface area contributed by atoms with Crippen LogP contribution in [0.3, 0.4) is 0 Å². The van der Waals surface area contributed by atoms with Gasteiger partial charge in [-0.15, -0.1) is 0 Å². The molecule has 2 rings (SSSR count). The average molecular weight is 228 g/mol. The number of nitrogens with one attached hydrogen (secondary N) is 1. The Kier molecular flexibility index (Phi) is 3.71. The molecule has 5 heteroatoms. The molecule has 1 aromatic heterocycles. The first kappa shape index (κ1) is 11.1. The Morgan fingerprint density at radius 1 is 1.29 bits per heavy atom. The van der Waals surface area contributed by atoms with Gasteiger partial charge < -0.3 is 9.84 Å². The van der Waals surface area contributed by atoms with Crippen molar-refractivity contribution in [3.63, 3.8) is 0 Å². The molecule has 0 spiro atoms. The van der Waals surface area contributed by atoms with Crippen LogP contribution in [-0.4, -0.2) is 16.7 Å². The molecule has 2 aromatic rings. The molecule has 0 aliphatic carbocycles. The molecule has 0 radical (unpaired) electrons.